The molecule has 4 N–H and O–H groups in total. The van der Waals surface area contributed by atoms with Gasteiger partial charge in [-0.05, 0) is 72.8 Å². The van der Waals surface area contributed by atoms with Crippen LogP contribution in [-0.4, -0.2) is 60.3 Å². The number of hydrogen-bond donors (Lipinski definition) is 3. The van der Waals surface area contributed by atoms with Gasteiger partial charge in [0.2, 0.25) is 11.6 Å². The minimum Gasteiger partial charge on any atom is -0.478 e. The Morgan fingerprint density at radius 3 is 1.43 bits per heavy atom. The summed E-state index contributed by atoms with van der Waals surface area (Å²) in [6, 6.07) is 23.6. The first-order valence-corrected chi connectivity index (χ1v) is 21.9. The maximum Gasteiger partial charge on any atom is 0.471 e. The Labute approximate surface area is 395 Å². The molecule has 0 saturated heterocycles. The van der Waals surface area contributed by atoms with Crippen molar-refractivity contribution in [3.8, 4) is 43.9 Å². The van der Waals surface area contributed by atoms with Gasteiger partial charge >= 0.3 is 30.1 Å². The molecule has 23 heteroatoms. The normalized spacial score (nSPS) is 11.8. The second kappa shape index (κ2) is 21.0. The van der Waals surface area contributed by atoms with E-state index in [0.29, 0.717) is 6.54 Å². The molecule has 0 aliphatic carbocycles. The highest BCUT2D eigenvalue weighted by atomic mass is 32.1. The van der Waals surface area contributed by atoms with Gasteiger partial charge in [-0.3, -0.25) is 4.79 Å². The van der Waals surface area contributed by atoms with Crippen LogP contribution < -0.4 is 11.1 Å². The molecule has 0 aliphatic heterocycles. The van der Waals surface area contributed by atoms with E-state index in [-0.39, 0.29) is 57.5 Å². The average Bonchev–Trinajstić information content (AvgIpc) is 4.17. The Kier molecular flexibility index (Phi) is 15.5. The number of nitrogens with two attached hydrogens (primary N) is 1. The lowest BCUT2D eigenvalue weighted by Gasteiger charge is -2.23. The Balaban J connectivity index is 0.000000188. The molecule has 0 radical (unpaired) electrons. The van der Waals surface area contributed by atoms with Crippen LogP contribution in [0.3, 0.4) is 0 Å². The number of rotatable bonds is 11. The standard InChI is InChI=1S/C23H18F4N4O2S.C13H15FN2S.C10H5F3N2O3/c1-22(2,17-11-34-20(29-17)13-6-8-16(24)9-7-13)12-28-19(32)15-5-3-4-14(10-15)18-30-21(33-31-18)23(25,26)27;1-13(2,8-15)11-7-17-12(16-11)9-3-5-10(14)6-4-9;11-10(12,13)9-14-7(15-18-9)5-2-1-3-6(4-5)8(16)17/h3-11H,12H2,1-2H3,(H,28,32);3-7H,8,15H2,1-2H3;1-4H,(H,16,17). The lowest BCUT2D eigenvalue weighted by Crippen LogP contribution is -2.36. The molecule has 13 nitrogen and oxygen atoms in total. The number of carboxylic acid groups (broad SMARTS) is 1. The molecule has 69 heavy (non-hydrogen) atoms. The van der Waals surface area contributed by atoms with Crippen LogP contribution in [0.25, 0.3) is 43.9 Å². The molecule has 360 valence electrons. The lowest BCUT2D eigenvalue weighted by molar-refractivity contribution is -0.160. The van der Waals surface area contributed by atoms with Gasteiger partial charge in [0.05, 0.1) is 17.0 Å². The summed E-state index contributed by atoms with van der Waals surface area (Å²) in [6.07, 6.45) is -9.48. The molecule has 4 heterocycles. The quantitative estimate of drug-likeness (QED) is 0.104. The lowest BCUT2D eigenvalue weighted by atomic mass is 9.90. The van der Waals surface area contributed by atoms with Crippen molar-refractivity contribution in [1.29, 1.82) is 0 Å². The molecule has 0 saturated carbocycles. The maximum absolute atomic E-state index is 13.2. The molecule has 0 spiro atoms. The number of alkyl halides is 6. The van der Waals surface area contributed by atoms with Crippen LogP contribution in [0.4, 0.5) is 35.1 Å². The van der Waals surface area contributed by atoms with E-state index >= 15 is 0 Å². The number of aromatic nitrogens is 6. The molecule has 4 aromatic carbocycles. The summed E-state index contributed by atoms with van der Waals surface area (Å²) in [5, 5.41) is 23.6. The topological polar surface area (TPSA) is 196 Å². The Morgan fingerprint density at radius 2 is 1.03 bits per heavy atom. The van der Waals surface area contributed by atoms with Crippen LogP contribution in [0.15, 0.2) is 117 Å². The van der Waals surface area contributed by atoms with Crippen molar-refractivity contribution in [2.24, 2.45) is 5.73 Å². The fourth-order valence-electron chi connectivity index (χ4n) is 5.72. The van der Waals surface area contributed by atoms with E-state index in [1.54, 1.807) is 35.6 Å². The minimum atomic E-state index is -4.75. The Morgan fingerprint density at radius 1 is 0.609 bits per heavy atom. The smallest absolute Gasteiger partial charge is 0.471 e. The number of carbonyl (C=O) groups is 2. The van der Waals surface area contributed by atoms with Crippen molar-refractivity contribution in [3.63, 3.8) is 0 Å². The van der Waals surface area contributed by atoms with E-state index < -0.39 is 41.4 Å². The summed E-state index contributed by atoms with van der Waals surface area (Å²) in [5.74, 6) is -5.68. The molecule has 0 atom stereocenters. The third-order valence-corrected chi connectivity index (χ3v) is 11.6. The van der Waals surface area contributed by atoms with Crippen LogP contribution >= 0.6 is 22.7 Å². The number of halogens is 8. The van der Waals surface area contributed by atoms with Gasteiger partial charge in [-0.1, -0.05) is 62.3 Å². The minimum absolute atomic E-state index is 0.0779. The number of carboxylic acids is 1. The second-order valence-corrected chi connectivity index (χ2v) is 17.8. The van der Waals surface area contributed by atoms with E-state index in [9.17, 15) is 44.7 Å². The van der Waals surface area contributed by atoms with E-state index in [1.165, 1.54) is 78.1 Å². The molecule has 0 bridgehead atoms. The number of thiazole rings is 2. The van der Waals surface area contributed by atoms with Crippen molar-refractivity contribution in [2.75, 3.05) is 13.1 Å². The van der Waals surface area contributed by atoms with Gasteiger partial charge in [0.1, 0.15) is 21.6 Å². The summed E-state index contributed by atoms with van der Waals surface area (Å²) in [4.78, 5) is 39.1. The van der Waals surface area contributed by atoms with Crippen molar-refractivity contribution in [3.05, 3.63) is 154 Å². The second-order valence-electron chi connectivity index (χ2n) is 16.1. The predicted molar refractivity (Wildman–Crippen MR) is 239 cm³/mol. The summed E-state index contributed by atoms with van der Waals surface area (Å²) < 4.78 is 109. The third kappa shape index (κ3) is 13.3. The first kappa shape index (κ1) is 51.2. The molecular weight excluding hydrogens is 961 g/mol. The van der Waals surface area contributed by atoms with Crippen molar-refractivity contribution in [1.82, 2.24) is 35.6 Å². The first-order valence-electron chi connectivity index (χ1n) is 20.1. The third-order valence-electron chi connectivity index (χ3n) is 9.87. The van der Waals surface area contributed by atoms with Gasteiger partial charge in [-0.15, -0.1) is 22.7 Å². The highest BCUT2D eigenvalue weighted by Gasteiger charge is 2.39. The zero-order chi connectivity index (χ0) is 50.3. The number of nitrogens with one attached hydrogen (secondary N) is 1. The molecule has 0 unspecified atom stereocenters. The average molecular weight is 999 g/mol. The zero-order valence-electron chi connectivity index (χ0n) is 36.5. The molecular formula is C46H38F8N8O5S2. The molecule has 8 rings (SSSR count). The van der Waals surface area contributed by atoms with Crippen molar-refractivity contribution < 1.29 is 58.9 Å². The molecule has 4 aromatic heterocycles. The van der Waals surface area contributed by atoms with Crippen molar-refractivity contribution in [2.45, 2.75) is 50.9 Å². The van der Waals surface area contributed by atoms with Gasteiger partial charge in [0.15, 0.2) is 0 Å². The fraction of sp³-hybridized carbons (Fsp3) is 0.217. The van der Waals surface area contributed by atoms with Crippen LogP contribution in [0.2, 0.25) is 0 Å². The number of carbonyl (C=O) groups excluding carboxylic acids is 1. The number of benzene rings is 4. The SMILES string of the molecule is CC(C)(CN)c1csc(-c2ccc(F)cc2)n1.CC(C)(CNC(=O)c1cccc(-c2noc(C(F)(F)F)n2)c1)c1csc(-c2ccc(F)cc2)n1.O=C(O)c1cccc(-c2noc(C(F)(F)F)n2)c1. The zero-order valence-corrected chi connectivity index (χ0v) is 38.1. The van der Waals surface area contributed by atoms with Crippen LogP contribution in [0.1, 0.15) is 71.6 Å². The maximum atomic E-state index is 13.2. The molecule has 8 aromatic rings. The monoisotopic (exact) mass is 998 g/mol. The van der Waals surface area contributed by atoms with Gasteiger partial charge in [0, 0.05) is 62.5 Å². The van der Waals surface area contributed by atoms with Crippen LogP contribution in [0.5, 0.6) is 0 Å². The number of hydrogen-bond acceptors (Lipinski definition) is 13. The first-order chi connectivity index (χ1) is 32.4. The van der Waals surface area contributed by atoms with E-state index in [4.69, 9.17) is 10.8 Å². The van der Waals surface area contributed by atoms with Crippen LogP contribution in [-0.2, 0) is 23.2 Å². The molecule has 1 amide bonds. The van der Waals surface area contributed by atoms with E-state index in [1.807, 2.05) is 24.6 Å². The van der Waals surface area contributed by atoms with Gasteiger partial charge in [-0.2, -0.15) is 36.3 Å². The number of aromatic carboxylic acids is 1. The number of amides is 1. The van der Waals surface area contributed by atoms with E-state index in [2.05, 4.69) is 58.5 Å². The largest absolute Gasteiger partial charge is 0.478 e. The summed E-state index contributed by atoms with van der Waals surface area (Å²) >= 11 is 2.98. The van der Waals surface area contributed by atoms with E-state index in [0.717, 1.165) is 38.6 Å². The Bertz CT molecular complexity index is 3020. The number of nitrogens with zero attached hydrogens (tertiary/aromatic N) is 6. The highest BCUT2D eigenvalue weighted by molar-refractivity contribution is 7.13. The van der Waals surface area contributed by atoms with Crippen LogP contribution in [0, 0.1) is 11.6 Å². The summed E-state index contributed by atoms with van der Waals surface area (Å²) in [7, 11) is 0. The van der Waals surface area contributed by atoms with Gasteiger partial charge in [0.25, 0.3) is 5.91 Å². The molecule has 0 aliphatic rings. The van der Waals surface area contributed by atoms with Gasteiger partial charge in [-0.25, -0.2) is 23.5 Å². The van der Waals surface area contributed by atoms with Gasteiger partial charge < -0.3 is 25.2 Å². The fourth-order valence-corrected chi connectivity index (χ4v) is 7.76. The molecule has 0 fully saturated rings. The summed E-state index contributed by atoms with van der Waals surface area (Å²) in [6.45, 7) is 8.78. The van der Waals surface area contributed by atoms with Crippen molar-refractivity contribution >= 4 is 34.6 Å². The summed E-state index contributed by atoms with van der Waals surface area (Å²) in [5.41, 5.74) is 9.08. The highest BCUT2D eigenvalue weighted by Crippen LogP contribution is 2.33. The predicted octanol–water partition coefficient (Wildman–Crippen LogP) is 11.4. The Hall–Kier alpha value is -7.24.